The fraction of sp³-hybridized carbons (Fsp3) is 0.238. The number of halogens is 1. The van der Waals surface area contributed by atoms with Crippen molar-refractivity contribution in [2.24, 2.45) is 5.92 Å². The van der Waals surface area contributed by atoms with E-state index in [-0.39, 0.29) is 11.9 Å². The molecule has 0 saturated carbocycles. The van der Waals surface area contributed by atoms with Gasteiger partial charge in [-0.05, 0) is 31.0 Å². The summed E-state index contributed by atoms with van der Waals surface area (Å²) in [6.45, 7) is 6.19. The number of fused-ring (bicyclic) bond motifs is 1. The highest BCUT2D eigenvalue weighted by molar-refractivity contribution is 6.33. The van der Waals surface area contributed by atoms with Crippen LogP contribution in [0, 0.1) is 5.92 Å². The van der Waals surface area contributed by atoms with Gasteiger partial charge in [0.15, 0.2) is 0 Å². The topological polar surface area (TPSA) is 42.0 Å². The molecule has 0 spiro atoms. The summed E-state index contributed by atoms with van der Waals surface area (Å²) < 4.78 is 0. The van der Waals surface area contributed by atoms with Crippen LogP contribution >= 0.6 is 11.6 Å². The first kappa shape index (κ1) is 17.4. The second kappa shape index (κ2) is 7.24. The van der Waals surface area contributed by atoms with Crippen LogP contribution in [-0.2, 0) is 0 Å². The SMILES string of the molecule is CC(C)C(C)NC(=O)c1cc(-c2ccccc2Cl)nc2ccccc12. The molecule has 0 aliphatic rings. The summed E-state index contributed by atoms with van der Waals surface area (Å²) in [7, 11) is 0. The van der Waals surface area contributed by atoms with Crippen LogP contribution < -0.4 is 5.32 Å². The zero-order valence-electron chi connectivity index (χ0n) is 14.6. The van der Waals surface area contributed by atoms with Gasteiger partial charge in [-0.3, -0.25) is 4.79 Å². The van der Waals surface area contributed by atoms with Crippen molar-refractivity contribution in [3.63, 3.8) is 0 Å². The van der Waals surface area contributed by atoms with E-state index in [2.05, 4.69) is 19.2 Å². The Morgan fingerprint density at radius 1 is 1.04 bits per heavy atom. The zero-order valence-corrected chi connectivity index (χ0v) is 15.3. The second-order valence-electron chi connectivity index (χ2n) is 6.56. The van der Waals surface area contributed by atoms with Crippen molar-refractivity contribution in [2.75, 3.05) is 0 Å². The van der Waals surface area contributed by atoms with Crippen LogP contribution in [0.5, 0.6) is 0 Å². The molecule has 2 aromatic carbocycles. The first-order valence-electron chi connectivity index (χ1n) is 8.43. The van der Waals surface area contributed by atoms with Crippen LogP contribution in [0.3, 0.4) is 0 Å². The monoisotopic (exact) mass is 352 g/mol. The number of hydrogen-bond donors (Lipinski definition) is 1. The van der Waals surface area contributed by atoms with Gasteiger partial charge in [0.2, 0.25) is 0 Å². The molecule has 0 aliphatic heterocycles. The molecule has 3 rings (SSSR count). The Hall–Kier alpha value is -2.39. The van der Waals surface area contributed by atoms with Gasteiger partial charge in [0.25, 0.3) is 5.91 Å². The molecule has 0 fully saturated rings. The van der Waals surface area contributed by atoms with Crippen molar-refractivity contribution in [3.05, 3.63) is 65.2 Å². The van der Waals surface area contributed by atoms with Crippen LogP contribution in [0.15, 0.2) is 54.6 Å². The number of nitrogens with one attached hydrogen (secondary N) is 1. The molecule has 0 aliphatic carbocycles. The number of hydrogen-bond acceptors (Lipinski definition) is 2. The maximum atomic E-state index is 12.9. The number of para-hydroxylation sites is 1. The lowest BCUT2D eigenvalue weighted by molar-refractivity contribution is 0.0932. The molecule has 25 heavy (non-hydrogen) atoms. The number of pyridine rings is 1. The lowest BCUT2D eigenvalue weighted by Crippen LogP contribution is -2.36. The van der Waals surface area contributed by atoms with Gasteiger partial charge in [-0.25, -0.2) is 4.98 Å². The summed E-state index contributed by atoms with van der Waals surface area (Å²) >= 11 is 6.33. The minimum absolute atomic E-state index is 0.0863. The molecule has 1 N–H and O–H groups in total. The molecule has 3 nitrogen and oxygen atoms in total. The predicted molar refractivity (Wildman–Crippen MR) is 104 cm³/mol. The van der Waals surface area contributed by atoms with Crippen molar-refractivity contribution < 1.29 is 4.79 Å². The summed E-state index contributed by atoms with van der Waals surface area (Å²) in [6.07, 6.45) is 0. The average molecular weight is 353 g/mol. The summed E-state index contributed by atoms with van der Waals surface area (Å²) in [4.78, 5) is 17.6. The number of rotatable bonds is 4. The molecule has 1 aromatic heterocycles. The lowest BCUT2D eigenvalue weighted by Gasteiger charge is -2.18. The van der Waals surface area contributed by atoms with Gasteiger partial charge in [0.05, 0.1) is 16.8 Å². The van der Waals surface area contributed by atoms with Crippen molar-refractivity contribution >= 4 is 28.4 Å². The van der Waals surface area contributed by atoms with E-state index < -0.39 is 0 Å². The molecular formula is C21H21ClN2O. The standard InChI is InChI=1S/C21H21ClN2O/c1-13(2)14(3)23-21(25)17-12-20(16-9-4-6-10-18(16)22)24-19-11-7-5-8-15(17)19/h4-14H,1-3H3,(H,23,25). The van der Waals surface area contributed by atoms with Gasteiger partial charge < -0.3 is 5.32 Å². The molecule has 3 aromatic rings. The zero-order chi connectivity index (χ0) is 18.0. The molecule has 1 atom stereocenters. The predicted octanol–water partition coefficient (Wildman–Crippen LogP) is 5.33. The van der Waals surface area contributed by atoms with Crippen LogP contribution in [-0.4, -0.2) is 16.9 Å². The van der Waals surface area contributed by atoms with Crippen molar-refractivity contribution in [1.29, 1.82) is 0 Å². The van der Waals surface area contributed by atoms with E-state index in [1.54, 1.807) is 0 Å². The van der Waals surface area contributed by atoms with E-state index in [1.165, 1.54) is 0 Å². The largest absolute Gasteiger partial charge is 0.349 e. The average Bonchev–Trinajstić information content (AvgIpc) is 2.61. The number of nitrogens with zero attached hydrogens (tertiary/aromatic N) is 1. The van der Waals surface area contributed by atoms with Crippen LogP contribution in [0.4, 0.5) is 0 Å². The molecule has 1 heterocycles. The summed E-state index contributed by atoms with van der Waals surface area (Å²) in [5.41, 5.74) is 2.92. The highest BCUT2D eigenvalue weighted by Crippen LogP contribution is 2.29. The molecule has 128 valence electrons. The molecule has 4 heteroatoms. The molecule has 0 saturated heterocycles. The first-order valence-corrected chi connectivity index (χ1v) is 8.80. The Balaban J connectivity index is 2.14. The molecular weight excluding hydrogens is 332 g/mol. The van der Waals surface area contributed by atoms with Crippen LogP contribution in [0.2, 0.25) is 5.02 Å². The maximum absolute atomic E-state index is 12.9. The molecule has 1 amide bonds. The van der Waals surface area contributed by atoms with Crippen LogP contribution in [0.25, 0.3) is 22.2 Å². The van der Waals surface area contributed by atoms with Gasteiger partial charge >= 0.3 is 0 Å². The maximum Gasteiger partial charge on any atom is 0.252 e. The third kappa shape index (κ3) is 3.67. The van der Waals surface area contributed by atoms with Crippen molar-refractivity contribution in [2.45, 2.75) is 26.8 Å². The number of aromatic nitrogens is 1. The first-order chi connectivity index (χ1) is 12.0. The van der Waals surface area contributed by atoms with Crippen molar-refractivity contribution in [1.82, 2.24) is 10.3 Å². The quantitative estimate of drug-likeness (QED) is 0.689. The Morgan fingerprint density at radius 2 is 1.72 bits per heavy atom. The highest BCUT2D eigenvalue weighted by atomic mass is 35.5. The lowest BCUT2D eigenvalue weighted by atomic mass is 10.0. The third-order valence-electron chi connectivity index (χ3n) is 4.47. The molecule has 0 radical (unpaired) electrons. The van der Waals surface area contributed by atoms with Gasteiger partial charge in [0.1, 0.15) is 0 Å². The smallest absolute Gasteiger partial charge is 0.252 e. The number of carbonyl (C=O) groups is 1. The highest BCUT2D eigenvalue weighted by Gasteiger charge is 2.17. The Bertz CT molecular complexity index is 921. The van der Waals surface area contributed by atoms with Gasteiger partial charge in [-0.2, -0.15) is 0 Å². The minimum atomic E-state index is -0.0897. The molecule has 0 bridgehead atoms. The fourth-order valence-corrected chi connectivity index (χ4v) is 2.85. The van der Waals surface area contributed by atoms with Gasteiger partial charge in [0, 0.05) is 22.0 Å². The Labute approximate surface area is 153 Å². The minimum Gasteiger partial charge on any atom is -0.349 e. The second-order valence-corrected chi connectivity index (χ2v) is 6.97. The van der Waals surface area contributed by atoms with E-state index in [0.717, 1.165) is 16.5 Å². The number of benzene rings is 2. The van der Waals surface area contributed by atoms with E-state index in [0.29, 0.717) is 22.2 Å². The summed E-state index contributed by atoms with van der Waals surface area (Å²) in [6, 6.07) is 17.1. The molecule has 1 unspecified atom stereocenters. The van der Waals surface area contributed by atoms with E-state index in [4.69, 9.17) is 16.6 Å². The van der Waals surface area contributed by atoms with E-state index >= 15 is 0 Å². The number of carbonyl (C=O) groups excluding carboxylic acids is 1. The number of amides is 1. The van der Waals surface area contributed by atoms with Crippen LogP contribution in [0.1, 0.15) is 31.1 Å². The van der Waals surface area contributed by atoms with E-state index in [9.17, 15) is 4.79 Å². The summed E-state index contributed by atoms with van der Waals surface area (Å²) in [5.74, 6) is 0.271. The Morgan fingerprint density at radius 3 is 2.44 bits per heavy atom. The van der Waals surface area contributed by atoms with Gasteiger partial charge in [-0.1, -0.05) is 61.8 Å². The van der Waals surface area contributed by atoms with E-state index in [1.807, 2.05) is 61.5 Å². The van der Waals surface area contributed by atoms with Gasteiger partial charge in [-0.15, -0.1) is 0 Å². The Kier molecular flexibility index (Phi) is 5.05. The fourth-order valence-electron chi connectivity index (χ4n) is 2.62. The third-order valence-corrected chi connectivity index (χ3v) is 4.80. The normalized spacial score (nSPS) is 12.4. The van der Waals surface area contributed by atoms with Crippen molar-refractivity contribution in [3.8, 4) is 11.3 Å². The summed E-state index contributed by atoms with van der Waals surface area (Å²) in [5, 5.41) is 4.54.